The van der Waals surface area contributed by atoms with E-state index in [1.165, 1.54) is 0 Å². The van der Waals surface area contributed by atoms with E-state index < -0.39 is 6.10 Å². The molecule has 3 heterocycles. The maximum atomic E-state index is 11.9. The molecule has 3 N–H and O–H groups in total. The van der Waals surface area contributed by atoms with E-state index >= 15 is 0 Å². The van der Waals surface area contributed by atoms with Crippen LogP contribution < -0.4 is 15.5 Å². The van der Waals surface area contributed by atoms with Crippen molar-refractivity contribution in [1.29, 1.82) is 0 Å². The predicted octanol–water partition coefficient (Wildman–Crippen LogP) is -0.628. The summed E-state index contributed by atoms with van der Waals surface area (Å²) < 4.78 is 0. The standard InChI is InChI=1S/C15H20N4O3/c20-11-8-16-5-6-19(9-11)13-3-1-10(7-17-13)12-2-4-14(21)18-15(12)22/h1,3,7,11-12,16,20H,2,4-6,8-9H2,(H,18,21,22). The van der Waals surface area contributed by atoms with Gasteiger partial charge in [-0.15, -0.1) is 0 Å². The molecule has 2 amide bonds. The van der Waals surface area contributed by atoms with Crippen molar-refractivity contribution in [3.63, 3.8) is 0 Å². The first-order chi connectivity index (χ1) is 10.6. The molecule has 2 saturated heterocycles. The van der Waals surface area contributed by atoms with Gasteiger partial charge in [-0.2, -0.15) is 0 Å². The van der Waals surface area contributed by atoms with Crippen molar-refractivity contribution in [2.75, 3.05) is 31.1 Å². The van der Waals surface area contributed by atoms with Gasteiger partial charge in [0.1, 0.15) is 5.82 Å². The lowest BCUT2D eigenvalue weighted by Crippen LogP contribution is -2.39. The van der Waals surface area contributed by atoms with Crippen LogP contribution in [0.1, 0.15) is 24.3 Å². The quantitative estimate of drug-likeness (QED) is 0.630. The second-order valence-electron chi connectivity index (χ2n) is 5.76. The number of hydrogen-bond acceptors (Lipinski definition) is 6. The first-order valence-electron chi connectivity index (χ1n) is 7.57. The first kappa shape index (κ1) is 14.9. The van der Waals surface area contributed by atoms with Gasteiger partial charge in [0, 0.05) is 38.8 Å². The van der Waals surface area contributed by atoms with Crippen LogP contribution in [0.15, 0.2) is 18.3 Å². The monoisotopic (exact) mass is 304 g/mol. The maximum absolute atomic E-state index is 11.9. The lowest BCUT2D eigenvalue weighted by Gasteiger charge is -2.24. The van der Waals surface area contributed by atoms with Crippen LogP contribution in [-0.2, 0) is 9.59 Å². The van der Waals surface area contributed by atoms with Crippen molar-refractivity contribution in [2.45, 2.75) is 24.9 Å². The molecule has 2 aliphatic heterocycles. The van der Waals surface area contributed by atoms with E-state index in [1.54, 1.807) is 6.20 Å². The van der Waals surface area contributed by atoms with Gasteiger partial charge in [-0.25, -0.2) is 4.98 Å². The van der Waals surface area contributed by atoms with Gasteiger partial charge in [-0.05, 0) is 18.1 Å². The van der Waals surface area contributed by atoms with E-state index in [9.17, 15) is 14.7 Å². The van der Waals surface area contributed by atoms with E-state index in [2.05, 4.69) is 15.6 Å². The Hall–Kier alpha value is -1.99. The molecule has 0 radical (unpaired) electrons. The Morgan fingerprint density at radius 1 is 1.32 bits per heavy atom. The third-order valence-electron chi connectivity index (χ3n) is 4.11. The summed E-state index contributed by atoms with van der Waals surface area (Å²) in [5.41, 5.74) is 0.822. The molecule has 0 bridgehead atoms. The molecular formula is C15H20N4O3. The molecular weight excluding hydrogens is 284 g/mol. The zero-order valence-electron chi connectivity index (χ0n) is 12.3. The highest BCUT2D eigenvalue weighted by Crippen LogP contribution is 2.25. The second kappa shape index (κ2) is 6.41. The third-order valence-corrected chi connectivity index (χ3v) is 4.11. The molecule has 0 aliphatic carbocycles. The minimum absolute atomic E-state index is 0.211. The summed E-state index contributed by atoms with van der Waals surface area (Å²) >= 11 is 0. The highest BCUT2D eigenvalue weighted by molar-refractivity contribution is 6.00. The Morgan fingerprint density at radius 3 is 2.91 bits per heavy atom. The smallest absolute Gasteiger partial charge is 0.234 e. The van der Waals surface area contributed by atoms with Gasteiger partial charge in [0.25, 0.3) is 0 Å². The molecule has 2 atom stereocenters. The molecule has 1 aromatic rings. The van der Waals surface area contributed by atoms with Crippen molar-refractivity contribution in [3.8, 4) is 0 Å². The van der Waals surface area contributed by atoms with Gasteiger partial charge >= 0.3 is 0 Å². The van der Waals surface area contributed by atoms with Gasteiger partial charge in [0.15, 0.2) is 0 Å². The number of imide groups is 1. The van der Waals surface area contributed by atoms with Crippen molar-refractivity contribution in [2.24, 2.45) is 0 Å². The molecule has 2 unspecified atom stereocenters. The van der Waals surface area contributed by atoms with E-state index in [-0.39, 0.29) is 17.7 Å². The minimum atomic E-state index is -0.417. The van der Waals surface area contributed by atoms with Crippen LogP contribution in [0.4, 0.5) is 5.82 Å². The highest BCUT2D eigenvalue weighted by Gasteiger charge is 2.28. The van der Waals surface area contributed by atoms with Crippen LogP contribution in [0.5, 0.6) is 0 Å². The fraction of sp³-hybridized carbons (Fsp3) is 0.533. The highest BCUT2D eigenvalue weighted by atomic mass is 16.3. The van der Waals surface area contributed by atoms with Crippen LogP contribution in [0, 0.1) is 0 Å². The summed E-state index contributed by atoms with van der Waals surface area (Å²) in [4.78, 5) is 29.5. The molecule has 7 nitrogen and oxygen atoms in total. The number of amides is 2. The normalized spacial score (nSPS) is 26.5. The predicted molar refractivity (Wildman–Crippen MR) is 80.5 cm³/mol. The molecule has 0 spiro atoms. The number of pyridine rings is 1. The summed E-state index contributed by atoms with van der Waals surface area (Å²) in [7, 11) is 0. The summed E-state index contributed by atoms with van der Waals surface area (Å²) in [6.45, 7) is 2.71. The Bertz CT molecular complexity index is 560. The Balaban J connectivity index is 1.72. The topological polar surface area (TPSA) is 94.6 Å². The molecule has 7 heteroatoms. The molecule has 22 heavy (non-hydrogen) atoms. The SMILES string of the molecule is O=C1CCC(c2ccc(N3CCNCC(O)C3)nc2)C(=O)N1. The van der Waals surface area contributed by atoms with Crippen LogP contribution in [0.3, 0.4) is 0 Å². The van der Waals surface area contributed by atoms with Crippen molar-refractivity contribution in [1.82, 2.24) is 15.6 Å². The minimum Gasteiger partial charge on any atom is -0.390 e. The fourth-order valence-electron chi connectivity index (χ4n) is 2.90. The van der Waals surface area contributed by atoms with Crippen molar-refractivity contribution < 1.29 is 14.7 Å². The van der Waals surface area contributed by atoms with Gasteiger partial charge in [0.05, 0.1) is 12.0 Å². The number of aliphatic hydroxyl groups is 1. The van der Waals surface area contributed by atoms with Gasteiger partial charge < -0.3 is 15.3 Å². The fourth-order valence-corrected chi connectivity index (χ4v) is 2.90. The summed E-state index contributed by atoms with van der Waals surface area (Å²) in [6, 6.07) is 3.75. The Morgan fingerprint density at radius 2 is 2.18 bits per heavy atom. The van der Waals surface area contributed by atoms with E-state index in [1.807, 2.05) is 17.0 Å². The van der Waals surface area contributed by atoms with Gasteiger partial charge in [-0.3, -0.25) is 14.9 Å². The molecule has 3 rings (SSSR count). The molecule has 0 saturated carbocycles. The number of anilines is 1. The third kappa shape index (κ3) is 3.26. The van der Waals surface area contributed by atoms with Crippen LogP contribution in [0.2, 0.25) is 0 Å². The molecule has 118 valence electrons. The van der Waals surface area contributed by atoms with E-state index in [0.29, 0.717) is 25.9 Å². The zero-order valence-corrected chi connectivity index (χ0v) is 12.3. The summed E-state index contributed by atoms with van der Waals surface area (Å²) in [6.07, 6.45) is 2.17. The Kier molecular flexibility index (Phi) is 4.35. The van der Waals surface area contributed by atoms with Crippen LogP contribution in [-0.4, -0.2) is 54.2 Å². The second-order valence-corrected chi connectivity index (χ2v) is 5.76. The number of aliphatic hydroxyl groups excluding tert-OH is 1. The number of hydrogen-bond donors (Lipinski definition) is 3. The van der Waals surface area contributed by atoms with Crippen LogP contribution in [0.25, 0.3) is 0 Å². The number of nitrogens with zero attached hydrogens (tertiary/aromatic N) is 2. The average molecular weight is 304 g/mol. The van der Waals surface area contributed by atoms with E-state index in [0.717, 1.165) is 24.5 Å². The van der Waals surface area contributed by atoms with Crippen molar-refractivity contribution >= 4 is 17.6 Å². The number of aromatic nitrogens is 1. The zero-order chi connectivity index (χ0) is 15.5. The Labute approximate surface area is 128 Å². The van der Waals surface area contributed by atoms with Gasteiger partial charge in [-0.1, -0.05) is 6.07 Å². The number of β-amino-alcohol motifs (C(OH)–C–C–N with tert-alkyl or cyclic N) is 1. The number of carbonyl (C=O) groups is 2. The summed E-state index contributed by atoms with van der Waals surface area (Å²) in [5.74, 6) is 0.0199. The molecule has 1 aromatic heterocycles. The van der Waals surface area contributed by atoms with Crippen molar-refractivity contribution in [3.05, 3.63) is 23.9 Å². The number of rotatable bonds is 2. The molecule has 2 fully saturated rings. The lowest BCUT2D eigenvalue weighted by molar-refractivity contribution is -0.134. The van der Waals surface area contributed by atoms with E-state index in [4.69, 9.17) is 0 Å². The lowest BCUT2D eigenvalue weighted by atomic mass is 9.92. The molecule has 0 aromatic carbocycles. The van der Waals surface area contributed by atoms with Crippen LogP contribution >= 0.6 is 0 Å². The number of carbonyl (C=O) groups excluding carboxylic acids is 2. The summed E-state index contributed by atoms with van der Waals surface area (Å²) in [5, 5.41) is 15.4. The number of piperidine rings is 1. The largest absolute Gasteiger partial charge is 0.390 e. The average Bonchev–Trinajstić information content (AvgIpc) is 2.72. The number of nitrogens with one attached hydrogen (secondary N) is 2. The first-order valence-corrected chi connectivity index (χ1v) is 7.57. The molecule has 2 aliphatic rings. The van der Waals surface area contributed by atoms with Gasteiger partial charge in [0.2, 0.25) is 11.8 Å². The maximum Gasteiger partial charge on any atom is 0.234 e.